The van der Waals surface area contributed by atoms with Gasteiger partial charge >= 0.3 is 0 Å². The Morgan fingerprint density at radius 2 is 1.89 bits per heavy atom. The number of carbonyl (C=O) groups excluding carboxylic acids is 1. The summed E-state index contributed by atoms with van der Waals surface area (Å²) in [7, 11) is 0. The number of rotatable bonds is 2. The molecule has 3 heterocycles. The van der Waals surface area contributed by atoms with E-state index in [-0.39, 0.29) is 18.1 Å². The maximum absolute atomic E-state index is 12.8. The predicted octanol–water partition coefficient (Wildman–Crippen LogP) is 2.58. The number of hydrogen-bond donors (Lipinski definition) is 1. The van der Waals surface area contributed by atoms with Gasteiger partial charge in [0, 0.05) is 56.2 Å². The summed E-state index contributed by atoms with van der Waals surface area (Å²) in [4.78, 5) is 14.7. The number of piperidine rings is 1. The molecule has 2 aromatic carbocycles. The Kier molecular flexibility index (Phi) is 4.28. The number of aromatic nitrogens is 2. The van der Waals surface area contributed by atoms with Gasteiger partial charge in [0.05, 0.1) is 5.52 Å². The van der Waals surface area contributed by atoms with Crippen LogP contribution in [0.1, 0.15) is 18.4 Å². The van der Waals surface area contributed by atoms with Gasteiger partial charge < -0.3 is 15.0 Å². The largest absolute Gasteiger partial charge is 0.485 e. The molecule has 0 bridgehead atoms. The molecule has 1 amide bonds. The second-order valence-electron chi connectivity index (χ2n) is 7.76. The minimum Gasteiger partial charge on any atom is -0.485 e. The normalized spacial score (nSPS) is 18.5. The van der Waals surface area contributed by atoms with E-state index in [2.05, 4.69) is 16.5 Å². The molecule has 1 N–H and O–H groups in total. The first-order valence-corrected chi connectivity index (χ1v) is 9.88. The molecule has 6 heteroatoms. The molecule has 6 nitrogen and oxygen atoms in total. The van der Waals surface area contributed by atoms with E-state index in [1.165, 1.54) is 5.56 Å². The van der Waals surface area contributed by atoms with E-state index in [4.69, 9.17) is 4.74 Å². The minimum atomic E-state index is -0.232. The Balaban J connectivity index is 1.24. The van der Waals surface area contributed by atoms with Gasteiger partial charge in [-0.05, 0) is 12.1 Å². The highest BCUT2D eigenvalue weighted by molar-refractivity contribution is 5.80. The van der Waals surface area contributed by atoms with Crippen molar-refractivity contribution in [3.8, 4) is 5.75 Å². The molecular weight excluding hydrogens is 352 g/mol. The Morgan fingerprint density at radius 1 is 1.11 bits per heavy atom. The first kappa shape index (κ1) is 17.3. The fraction of sp³-hybridized carbons (Fsp3) is 0.364. The topological polar surface area (TPSA) is 59.4 Å². The van der Waals surface area contributed by atoms with Crippen molar-refractivity contribution >= 4 is 16.8 Å². The zero-order valence-corrected chi connectivity index (χ0v) is 15.8. The molecule has 0 aliphatic carbocycles. The molecule has 5 rings (SSSR count). The van der Waals surface area contributed by atoms with E-state index in [0.29, 0.717) is 13.1 Å². The van der Waals surface area contributed by atoms with Crippen molar-refractivity contribution in [2.45, 2.75) is 31.5 Å². The van der Waals surface area contributed by atoms with Gasteiger partial charge in [0.15, 0.2) is 0 Å². The molecule has 0 unspecified atom stereocenters. The van der Waals surface area contributed by atoms with Crippen LogP contribution in [0.25, 0.3) is 10.9 Å². The quantitative estimate of drug-likeness (QED) is 0.747. The number of carbonyl (C=O) groups is 1. The van der Waals surface area contributed by atoms with Gasteiger partial charge in [-0.15, -0.1) is 0 Å². The molecule has 1 aromatic heterocycles. The molecule has 144 valence electrons. The van der Waals surface area contributed by atoms with Crippen LogP contribution in [-0.4, -0.2) is 45.8 Å². The van der Waals surface area contributed by atoms with Crippen molar-refractivity contribution in [3.63, 3.8) is 0 Å². The first-order chi connectivity index (χ1) is 13.7. The van der Waals surface area contributed by atoms with Crippen molar-refractivity contribution in [1.82, 2.24) is 20.0 Å². The van der Waals surface area contributed by atoms with Crippen LogP contribution >= 0.6 is 0 Å². The summed E-state index contributed by atoms with van der Waals surface area (Å²) in [5, 5.41) is 9.08. The predicted molar refractivity (Wildman–Crippen MR) is 107 cm³/mol. The lowest BCUT2D eigenvalue weighted by Gasteiger charge is -2.41. The molecule has 2 aliphatic heterocycles. The molecule has 0 saturated carbocycles. The molecule has 0 atom stereocenters. The maximum Gasteiger partial charge on any atom is 0.244 e. The number of amides is 1. The van der Waals surface area contributed by atoms with Crippen molar-refractivity contribution in [3.05, 3.63) is 60.3 Å². The number of hydrogen-bond acceptors (Lipinski definition) is 4. The van der Waals surface area contributed by atoms with Gasteiger partial charge in [-0.2, -0.15) is 5.10 Å². The van der Waals surface area contributed by atoms with Crippen LogP contribution in [0.2, 0.25) is 0 Å². The van der Waals surface area contributed by atoms with Crippen molar-refractivity contribution in [2.75, 3.05) is 19.6 Å². The average molecular weight is 376 g/mol. The molecule has 3 aromatic rings. The number of nitrogens with zero attached hydrogens (tertiary/aromatic N) is 3. The van der Waals surface area contributed by atoms with Crippen LogP contribution in [0.4, 0.5) is 0 Å². The summed E-state index contributed by atoms with van der Waals surface area (Å²) >= 11 is 0. The Morgan fingerprint density at radius 3 is 2.75 bits per heavy atom. The lowest BCUT2D eigenvalue weighted by atomic mass is 9.91. The standard InChI is InChI=1S/C22H24N4O2/c27-21(15-26-14-18-6-1-3-7-19(18)24-26)25-11-9-22(10-12-25)16-23-13-17-5-2-4-8-20(17)28-22/h1-8,14,23H,9-13,15-16H2. The third-order valence-electron chi connectivity index (χ3n) is 5.85. The summed E-state index contributed by atoms with van der Waals surface area (Å²) < 4.78 is 8.20. The lowest BCUT2D eigenvalue weighted by molar-refractivity contribution is -0.135. The Bertz CT molecular complexity index is 971. The number of benzene rings is 2. The third kappa shape index (κ3) is 3.24. The van der Waals surface area contributed by atoms with Crippen molar-refractivity contribution in [2.24, 2.45) is 0 Å². The van der Waals surface area contributed by atoms with Gasteiger partial charge in [-0.1, -0.05) is 36.4 Å². The third-order valence-corrected chi connectivity index (χ3v) is 5.85. The SMILES string of the molecule is O=C(Cn1cc2ccccc2n1)N1CCC2(CC1)CNCc1ccccc1O2. The summed E-state index contributed by atoms with van der Waals surface area (Å²) in [6.45, 7) is 3.35. The van der Waals surface area contributed by atoms with E-state index in [9.17, 15) is 4.79 Å². The van der Waals surface area contributed by atoms with E-state index in [1.54, 1.807) is 4.68 Å². The monoisotopic (exact) mass is 376 g/mol. The van der Waals surface area contributed by atoms with Crippen molar-refractivity contribution < 1.29 is 9.53 Å². The van der Waals surface area contributed by atoms with E-state index < -0.39 is 0 Å². The molecular formula is C22H24N4O2. The summed E-state index contributed by atoms with van der Waals surface area (Å²) in [6.07, 6.45) is 3.61. The highest BCUT2D eigenvalue weighted by Gasteiger charge is 2.39. The van der Waals surface area contributed by atoms with E-state index in [0.717, 1.165) is 42.6 Å². The second kappa shape index (κ2) is 6.95. The number of nitrogens with one attached hydrogen (secondary N) is 1. The fourth-order valence-electron chi connectivity index (χ4n) is 4.22. The maximum atomic E-state index is 12.8. The second-order valence-corrected chi connectivity index (χ2v) is 7.76. The van der Waals surface area contributed by atoms with Crippen LogP contribution < -0.4 is 10.1 Å². The highest BCUT2D eigenvalue weighted by Crippen LogP contribution is 2.32. The van der Waals surface area contributed by atoms with Crippen LogP contribution in [0.5, 0.6) is 5.75 Å². The van der Waals surface area contributed by atoms with Crippen LogP contribution in [0, 0.1) is 0 Å². The lowest BCUT2D eigenvalue weighted by Crippen LogP contribution is -2.54. The van der Waals surface area contributed by atoms with Crippen molar-refractivity contribution in [1.29, 1.82) is 0 Å². The number of ether oxygens (including phenoxy) is 1. The summed E-state index contributed by atoms with van der Waals surface area (Å²) in [5.74, 6) is 1.08. The van der Waals surface area contributed by atoms with Gasteiger partial charge in [-0.25, -0.2) is 0 Å². The number of fused-ring (bicyclic) bond motifs is 2. The Labute approximate surface area is 164 Å². The zero-order chi connectivity index (χ0) is 19.0. The van der Waals surface area contributed by atoms with Crippen LogP contribution in [0.3, 0.4) is 0 Å². The molecule has 1 saturated heterocycles. The molecule has 1 fully saturated rings. The van der Waals surface area contributed by atoms with E-state index in [1.807, 2.05) is 53.6 Å². The van der Waals surface area contributed by atoms with Crippen LogP contribution in [0.15, 0.2) is 54.7 Å². The van der Waals surface area contributed by atoms with Crippen LogP contribution in [-0.2, 0) is 17.9 Å². The highest BCUT2D eigenvalue weighted by atomic mass is 16.5. The zero-order valence-electron chi connectivity index (χ0n) is 15.8. The van der Waals surface area contributed by atoms with Gasteiger partial charge in [0.25, 0.3) is 0 Å². The smallest absolute Gasteiger partial charge is 0.244 e. The minimum absolute atomic E-state index is 0.115. The fourth-order valence-corrected chi connectivity index (χ4v) is 4.22. The number of para-hydroxylation sites is 1. The average Bonchev–Trinajstić information content (AvgIpc) is 3.03. The summed E-state index contributed by atoms with van der Waals surface area (Å²) in [6, 6.07) is 16.1. The van der Waals surface area contributed by atoms with Gasteiger partial charge in [0.1, 0.15) is 17.9 Å². The first-order valence-electron chi connectivity index (χ1n) is 9.88. The number of likely N-dealkylation sites (tertiary alicyclic amines) is 1. The molecule has 28 heavy (non-hydrogen) atoms. The van der Waals surface area contributed by atoms with Gasteiger partial charge in [-0.3, -0.25) is 9.48 Å². The molecule has 1 spiro atoms. The molecule has 0 radical (unpaired) electrons. The molecule has 2 aliphatic rings. The van der Waals surface area contributed by atoms with E-state index >= 15 is 0 Å². The van der Waals surface area contributed by atoms with Gasteiger partial charge in [0.2, 0.25) is 5.91 Å². The Hall–Kier alpha value is -2.86. The summed E-state index contributed by atoms with van der Waals surface area (Å²) in [5.41, 5.74) is 1.89.